The number of aromatic nitrogens is 4. The molecule has 1 fully saturated rings. The summed E-state index contributed by atoms with van der Waals surface area (Å²) in [4.78, 5) is 19.3. The van der Waals surface area contributed by atoms with Crippen LogP contribution in [0.25, 0.3) is 10.3 Å². The van der Waals surface area contributed by atoms with Crippen LogP contribution in [0.4, 0.5) is 16.9 Å². The smallest absolute Gasteiger partial charge is 0.225 e. The molecular formula is C22H31N7OS. The van der Waals surface area contributed by atoms with E-state index < -0.39 is 0 Å². The fourth-order valence-corrected chi connectivity index (χ4v) is 4.37. The molecule has 0 aromatic carbocycles. The van der Waals surface area contributed by atoms with Crippen LogP contribution in [0.3, 0.4) is 0 Å². The first-order chi connectivity index (χ1) is 15.0. The monoisotopic (exact) mass is 441 g/mol. The third-order valence-electron chi connectivity index (χ3n) is 5.82. The summed E-state index contributed by atoms with van der Waals surface area (Å²) >= 11 is 1.50. The Bertz CT molecular complexity index is 967. The Kier molecular flexibility index (Phi) is 6.94. The van der Waals surface area contributed by atoms with Crippen LogP contribution in [0.5, 0.6) is 0 Å². The van der Waals surface area contributed by atoms with Crippen LogP contribution in [-0.2, 0) is 6.54 Å². The van der Waals surface area contributed by atoms with E-state index in [4.69, 9.17) is 9.97 Å². The zero-order chi connectivity index (χ0) is 21.8. The van der Waals surface area contributed by atoms with Gasteiger partial charge in [-0.25, -0.2) is 15.0 Å². The van der Waals surface area contributed by atoms with Crippen molar-refractivity contribution < 1.29 is 5.11 Å². The summed E-state index contributed by atoms with van der Waals surface area (Å²) in [5, 5.41) is 20.9. The van der Waals surface area contributed by atoms with Crippen LogP contribution in [0.2, 0.25) is 0 Å². The summed E-state index contributed by atoms with van der Waals surface area (Å²) in [5.74, 6) is 1.86. The molecule has 31 heavy (non-hydrogen) atoms. The van der Waals surface area contributed by atoms with Gasteiger partial charge in [0.1, 0.15) is 16.2 Å². The second kappa shape index (κ2) is 9.84. The van der Waals surface area contributed by atoms with E-state index in [-0.39, 0.29) is 12.1 Å². The first kappa shape index (κ1) is 21.9. The molecule has 3 aromatic rings. The van der Waals surface area contributed by atoms with Crippen molar-refractivity contribution in [1.29, 1.82) is 0 Å². The lowest BCUT2D eigenvalue weighted by Gasteiger charge is -2.26. The quantitative estimate of drug-likeness (QED) is 0.414. The van der Waals surface area contributed by atoms with Crippen LogP contribution < -0.4 is 16.0 Å². The average molecular weight is 442 g/mol. The van der Waals surface area contributed by atoms with E-state index in [2.05, 4.69) is 46.7 Å². The first-order valence-corrected chi connectivity index (χ1v) is 11.8. The molecule has 1 aliphatic rings. The zero-order valence-electron chi connectivity index (χ0n) is 18.3. The maximum absolute atomic E-state index is 9.78. The normalized spacial score (nSPS) is 20.2. The molecule has 9 heteroatoms. The Hall–Kier alpha value is -2.36. The topological polar surface area (TPSA) is 108 Å². The second-order valence-corrected chi connectivity index (χ2v) is 9.58. The number of nitrogens with one attached hydrogen (secondary N) is 3. The Morgan fingerprint density at radius 2 is 1.94 bits per heavy atom. The number of hydrogen-bond donors (Lipinski definition) is 4. The molecule has 0 spiro atoms. The Balaban J connectivity index is 1.53. The predicted molar refractivity (Wildman–Crippen MR) is 126 cm³/mol. The minimum Gasteiger partial charge on any atom is -0.393 e. The maximum atomic E-state index is 9.78. The largest absolute Gasteiger partial charge is 0.393 e. The van der Waals surface area contributed by atoms with Crippen molar-refractivity contribution in [2.75, 3.05) is 10.6 Å². The van der Waals surface area contributed by atoms with Crippen molar-refractivity contribution in [3.63, 3.8) is 0 Å². The van der Waals surface area contributed by atoms with E-state index in [1.54, 1.807) is 6.20 Å². The van der Waals surface area contributed by atoms with Crippen molar-refractivity contribution in [2.24, 2.45) is 5.92 Å². The first-order valence-electron chi connectivity index (χ1n) is 11.0. The molecule has 1 aliphatic carbocycles. The van der Waals surface area contributed by atoms with Crippen LogP contribution in [0.1, 0.15) is 52.1 Å². The van der Waals surface area contributed by atoms with Gasteiger partial charge in [0.05, 0.1) is 11.8 Å². The highest BCUT2D eigenvalue weighted by atomic mass is 32.1. The number of anilines is 3. The number of aliphatic hydroxyl groups excluding tert-OH is 1. The Labute approximate surface area is 187 Å². The van der Waals surface area contributed by atoms with Gasteiger partial charge in [-0.3, -0.25) is 0 Å². The van der Waals surface area contributed by atoms with E-state index in [0.29, 0.717) is 30.3 Å². The van der Waals surface area contributed by atoms with Crippen molar-refractivity contribution in [3.05, 3.63) is 30.1 Å². The lowest BCUT2D eigenvalue weighted by atomic mass is 9.93. The summed E-state index contributed by atoms with van der Waals surface area (Å²) in [6.45, 7) is 7.26. The molecule has 3 heterocycles. The summed E-state index contributed by atoms with van der Waals surface area (Å²) in [6, 6.07) is 6.48. The van der Waals surface area contributed by atoms with Crippen LogP contribution in [0, 0.1) is 5.92 Å². The van der Waals surface area contributed by atoms with Gasteiger partial charge in [0.15, 0.2) is 5.13 Å². The molecule has 166 valence electrons. The van der Waals surface area contributed by atoms with Gasteiger partial charge in [0.25, 0.3) is 0 Å². The number of nitrogens with zero attached hydrogens (tertiary/aromatic N) is 4. The van der Waals surface area contributed by atoms with Gasteiger partial charge < -0.3 is 21.1 Å². The molecule has 3 aromatic heterocycles. The Morgan fingerprint density at radius 1 is 1.13 bits per heavy atom. The zero-order valence-corrected chi connectivity index (χ0v) is 19.1. The van der Waals surface area contributed by atoms with Crippen molar-refractivity contribution in [1.82, 2.24) is 25.3 Å². The van der Waals surface area contributed by atoms with E-state index in [0.717, 1.165) is 46.9 Å². The highest BCUT2D eigenvalue weighted by molar-refractivity contribution is 7.21. The fraction of sp³-hybridized carbons (Fsp3) is 0.545. The maximum Gasteiger partial charge on any atom is 0.225 e. The lowest BCUT2D eigenvalue weighted by molar-refractivity contribution is 0.126. The van der Waals surface area contributed by atoms with Crippen molar-refractivity contribution in [3.8, 4) is 0 Å². The second-order valence-electron chi connectivity index (χ2n) is 8.60. The average Bonchev–Trinajstić information content (AvgIpc) is 3.15. The summed E-state index contributed by atoms with van der Waals surface area (Å²) in [5.41, 5.74) is 1.79. The van der Waals surface area contributed by atoms with Crippen molar-refractivity contribution >= 4 is 38.6 Å². The molecule has 0 amide bonds. The van der Waals surface area contributed by atoms with Gasteiger partial charge in [-0.05, 0) is 50.7 Å². The van der Waals surface area contributed by atoms with Gasteiger partial charge in [0, 0.05) is 30.9 Å². The third-order valence-corrected chi connectivity index (χ3v) is 6.71. The van der Waals surface area contributed by atoms with Crippen LogP contribution in [0.15, 0.2) is 24.4 Å². The van der Waals surface area contributed by atoms with Gasteiger partial charge in [-0.1, -0.05) is 25.2 Å². The molecular weight excluding hydrogens is 410 g/mol. The fourth-order valence-electron chi connectivity index (χ4n) is 3.55. The number of pyridine rings is 1. The van der Waals surface area contributed by atoms with Crippen LogP contribution in [-0.4, -0.2) is 43.2 Å². The molecule has 1 unspecified atom stereocenters. The number of fused-ring (bicyclic) bond motifs is 1. The molecule has 0 radical (unpaired) electrons. The minimum absolute atomic E-state index is 0.183. The van der Waals surface area contributed by atoms with Gasteiger partial charge in [0.2, 0.25) is 5.95 Å². The summed E-state index contributed by atoms with van der Waals surface area (Å²) in [6.07, 6.45) is 5.06. The number of aliphatic hydroxyl groups is 1. The molecule has 0 saturated heterocycles. The van der Waals surface area contributed by atoms with E-state index in [1.165, 1.54) is 11.3 Å². The highest BCUT2D eigenvalue weighted by Crippen LogP contribution is 2.27. The molecule has 4 N–H and O–H groups in total. The molecule has 0 aliphatic heterocycles. The standard InChI is InChI=1S/C22H31N7OS/c1-13(2)14(3)24-12-16-11-19(29-22-27-18-5-4-10-23-20(18)31-22)28-21(26-16)25-15-6-8-17(30)9-7-15/h4-5,10-11,13-15,17,24,30H,6-9,12H2,1-3H3,(H2,25,26,27,28,29). The van der Waals surface area contributed by atoms with Gasteiger partial charge >= 0.3 is 0 Å². The van der Waals surface area contributed by atoms with E-state index in [1.807, 2.05) is 18.2 Å². The SMILES string of the molecule is CC(C)C(C)NCc1cc(Nc2nc3cccnc3s2)nc(NC2CCC(O)CC2)n1. The molecule has 4 rings (SSSR count). The minimum atomic E-state index is -0.183. The van der Waals surface area contributed by atoms with E-state index >= 15 is 0 Å². The van der Waals surface area contributed by atoms with Gasteiger partial charge in [-0.2, -0.15) is 4.98 Å². The molecule has 8 nitrogen and oxygen atoms in total. The molecule has 0 bridgehead atoms. The predicted octanol–water partition coefficient (Wildman–Crippen LogP) is 4.07. The van der Waals surface area contributed by atoms with Crippen molar-refractivity contribution in [2.45, 2.75) is 71.2 Å². The number of rotatable bonds is 8. The summed E-state index contributed by atoms with van der Waals surface area (Å²) in [7, 11) is 0. The number of hydrogen-bond acceptors (Lipinski definition) is 9. The molecule has 1 atom stereocenters. The van der Waals surface area contributed by atoms with Crippen LogP contribution >= 0.6 is 11.3 Å². The number of thiazole rings is 1. The van der Waals surface area contributed by atoms with E-state index in [9.17, 15) is 5.11 Å². The third kappa shape index (κ3) is 5.87. The summed E-state index contributed by atoms with van der Waals surface area (Å²) < 4.78 is 0. The van der Waals surface area contributed by atoms with Gasteiger partial charge in [-0.15, -0.1) is 0 Å². The Morgan fingerprint density at radius 3 is 2.68 bits per heavy atom. The highest BCUT2D eigenvalue weighted by Gasteiger charge is 2.20. The lowest BCUT2D eigenvalue weighted by Crippen LogP contribution is -2.31. The molecule has 1 saturated carbocycles.